The van der Waals surface area contributed by atoms with Crippen molar-refractivity contribution in [3.8, 4) is 0 Å². The van der Waals surface area contributed by atoms with Crippen molar-refractivity contribution in [3.63, 3.8) is 0 Å². The molecule has 1 aromatic carbocycles. The molecule has 1 heterocycles. The molecule has 0 spiro atoms. The molecule has 0 radical (unpaired) electrons. The second-order valence-electron chi connectivity index (χ2n) is 5.16. The number of nitrogens with two attached hydrogens (primary N) is 1. The smallest absolute Gasteiger partial charge is 0.0949 e. The van der Waals surface area contributed by atoms with Crippen LogP contribution in [0.2, 0.25) is 0 Å². The van der Waals surface area contributed by atoms with E-state index in [0.29, 0.717) is 12.0 Å². The van der Waals surface area contributed by atoms with Gasteiger partial charge in [-0.3, -0.25) is 0 Å². The third-order valence-corrected chi connectivity index (χ3v) is 4.05. The fraction of sp³-hybridized carbons (Fsp3) is 0.400. The highest BCUT2D eigenvalue weighted by Gasteiger charge is 2.29. The van der Waals surface area contributed by atoms with Gasteiger partial charge in [0.1, 0.15) is 0 Å². The summed E-state index contributed by atoms with van der Waals surface area (Å²) in [5, 5.41) is 0. The number of nitrogens with zero attached hydrogens (tertiary/aromatic N) is 2. The number of imidazole rings is 1. The molecule has 1 aromatic heterocycles. The van der Waals surface area contributed by atoms with E-state index in [1.54, 1.807) is 0 Å². The largest absolute Gasteiger partial charge is 0.333 e. The van der Waals surface area contributed by atoms with Crippen LogP contribution in [0.5, 0.6) is 0 Å². The Hall–Kier alpha value is -1.61. The van der Waals surface area contributed by atoms with Gasteiger partial charge in [0.2, 0.25) is 0 Å². The van der Waals surface area contributed by atoms with E-state index in [-0.39, 0.29) is 6.04 Å². The Morgan fingerprint density at radius 3 is 2.72 bits per heavy atom. The molecule has 3 nitrogen and oxygen atoms in total. The fourth-order valence-electron chi connectivity index (χ4n) is 3.01. The highest BCUT2D eigenvalue weighted by Crippen LogP contribution is 2.37. The van der Waals surface area contributed by atoms with Crippen molar-refractivity contribution in [1.82, 2.24) is 9.55 Å². The Labute approximate surface area is 108 Å². The van der Waals surface area contributed by atoms with E-state index in [9.17, 15) is 0 Å². The van der Waals surface area contributed by atoms with Crippen LogP contribution in [0.4, 0.5) is 0 Å². The van der Waals surface area contributed by atoms with Gasteiger partial charge < -0.3 is 10.3 Å². The Morgan fingerprint density at radius 1 is 1.17 bits per heavy atom. The molecule has 1 fully saturated rings. The topological polar surface area (TPSA) is 43.8 Å². The molecule has 3 unspecified atom stereocenters. The molecule has 0 bridgehead atoms. The van der Waals surface area contributed by atoms with Gasteiger partial charge in [-0.1, -0.05) is 30.3 Å². The number of benzene rings is 1. The highest BCUT2D eigenvalue weighted by molar-refractivity contribution is 5.20. The Balaban J connectivity index is 1.80. The summed E-state index contributed by atoms with van der Waals surface area (Å²) in [7, 11) is 0. The maximum absolute atomic E-state index is 6.26. The minimum atomic E-state index is 0.249. The van der Waals surface area contributed by atoms with Gasteiger partial charge in [-0.15, -0.1) is 0 Å². The van der Waals surface area contributed by atoms with Crippen molar-refractivity contribution < 1.29 is 0 Å². The molecular formula is C15H19N3. The predicted molar refractivity (Wildman–Crippen MR) is 72.3 cm³/mol. The summed E-state index contributed by atoms with van der Waals surface area (Å²) in [6.07, 6.45) is 9.13. The van der Waals surface area contributed by atoms with Crippen LogP contribution >= 0.6 is 0 Å². The van der Waals surface area contributed by atoms with E-state index in [2.05, 4.69) is 39.9 Å². The maximum atomic E-state index is 6.26. The molecule has 0 aliphatic heterocycles. The number of aromatic nitrogens is 2. The molecule has 0 amide bonds. The van der Waals surface area contributed by atoms with E-state index in [1.807, 2.05) is 18.7 Å². The summed E-state index contributed by atoms with van der Waals surface area (Å²) in [5.41, 5.74) is 7.70. The molecule has 1 saturated carbocycles. The zero-order chi connectivity index (χ0) is 12.4. The van der Waals surface area contributed by atoms with E-state index in [4.69, 9.17) is 5.73 Å². The molecule has 1 aliphatic rings. The lowest BCUT2D eigenvalue weighted by Gasteiger charge is -2.35. The Morgan fingerprint density at radius 2 is 2.00 bits per heavy atom. The SMILES string of the molecule is NC1CCC(c2ccccc2)CC1n1ccnc1. The van der Waals surface area contributed by atoms with Crippen molar-refractivity contribution in [1.29, 1.82) is 0 Å². The minimum Gasteiger partial charge on any atom is -0.333 e. The van der Waals surface area contributed by atoms with Crippen LogP contribution in [0, 0.1) is 0 Å². The third-order valence-electron chi connectivity index (χ3n) is 4.05. The molecule has 1 aliphatic carbocycles. The first-order chi connectivity index (χ1) is 8.84. The monoisotopic (exact) mass is 241 g/mol. The van der Waals surface area contributed by atoms with Gasteiger partial charge in [0, 0.05) is 18.4 Å². The molecule has 2 N–H and O–H groups in total. The first-order valence-corrected chi connectivity index (χ1v) is 6.62. The van der Waals surface area contributed by atoms with Crippen molar-refractivity contribution in [2.75, 3.05) is 0 Å². The maximum Gasteiger partial charge on any atom is 0.0949 e. The average Bonchev–Trinajstić information content (AvgIpc) is 2.94. The summed E-state index contributed by atoms with van der Waals surface area (Å²) >= 11 is 0. The standard InChI is InChI=1S/C15H19N3/c16-14-7-6-13(12-4-2-1-3-5-12)10-15(14)18-9-8-17-11-18/h1-5,8-9,11,13-15H,6-7,10,16H2. The van der Waals surface area contributed by atoms with Gasteiger partial charge in [0.25, 0.3) is 0 Å². The molecule has 94 valence electrons. The molecule has 3 heteroatoms. The van der Waals surface area contributed by atoms with E-state index < -0.39 is 0 Å². The number of hydrogen-bond donors (Lipinski definition) is 1. The molecule has 3 atom stereocenters. The van der Waals surface area contributed by atoms with Crippen LogP contribution < -0.4 is 5.73 Å². The summed E-state index contributed by atoms with van der Waals surface area (Å²) in [6.45, 7) is 0. The molecular weight excluding hydrogens is 222 g/mol. The zero-order valence-corrected chi connectivity index (χ0v) is 10.4. The summed E-state index contributed by atoms with van der Waals surface area (Å²) in [5.74, 6) is 0.624. The first-order valence-electron chi connectivity index (χ1n) is 6.62. The third kappa shape index (κ3) is 2.18. The average molecular weight is 241 g/mol. The summed E-state index contributed by atoms with van der Waals surface area (Å²) < 4.78 is 2.17. The second-order valence-corrected chi connectivity index (χ2v) is 5.16. The second kappa shape index (κ2) is 4.94. The van der Waals surface area contributed by atoms with Gasteiger partial charge in [-0.25, -0.2) is 4.98 Å². The lowest BCUT2D eigenvalue weighted by Crippen LogP contribution is -2.36. The minimum absolute atomic E-state index is 0.249. The number of rotatable bonds is 2. The highest BCUT2D eigenvalue weighted by atomic mass is 15.1. The Kier molecular flexibility index (Phi) is 3.15. The molecule has 18 heavy (non-hydrogen) atoms. The van der Waals surface area contributed by atoms with Crippen LogP contribution in [0.25, 0.3) is 0 Å². The van der Waals surface area contributed by atoms with Crippen molar-refractivity contribution in [3.05, 3.63) is 54.6 Å². The first kappa shape index (κ1) is 11.5. The van der Waals surface area contributed by atoms with Gasteiger partial charge >= 0.3 is 0 Å². The number of hydrogen-bond acceptors (Lipinski definition) is 2. The summed E-state index contributed by atoms with van der Waals surface area (Å²) in [6, 6.07) is 11.4. The van der Waals surface area contributed by atoms with E-state index in [1.165, 1.54) is 12.0 Å². The van der Waals surface area contributed by atoms with Crippen LogP contribution in [0.15, 0.2) is 49.1 Å². The normalized spacial score (nSPS) is 28.2. The van der Waals surface area contributed by atoms with Crippen molar-refractivity contribution in [2.24, 2.45) is 5.73 Å². The van der Waals surface area contributed by atoms with Crippen LogP contribution in [-0.4, -0.2) is 15.6 Å². The fourth-order valence-corrected chi connectivity index (χ4v) is 3.01. The van der Waals surface area contributed by atoms with Crippen molar-refractivity contribution >= 4 is 0 Å². The Bertz CT molecular complexity index is 478. The lowest BCUT2D eigenvalue weighted by molar-refractivity contribution is 0.278. The van der Waals surface area contributed by atoms with Crippen molar-refractivity contribution in [2.45, 2.75) is 37.3 Å². The lowest BCUT2D eigenvalue weighted by atomic mass is 9.79. The van der Waals surface area contributed by atoms with Gasteiger partial charge in [0.05, 0.1) is 12.4 Å². The zero-order valence-electron chi connectivity index (χ0n) is 10.4. The van der Waals surface area contributed by atoms with Gasteiger partial charge in [0.15, 0.2) is 0 Å². The van der Waals surface area contributed by atoms with Crippen LogP contribution in [-0.2, 0) is 0 Å². The summed E-state index contributed by atoms with van der Waals surface area (Å²) in [4.78, 5) is 4.14. The van der Waals surface area contributed by atoms with Crippen LogP contribution in [0.1, 0.15) is 36.8 Å². The van der Waals surface area contributed by atoms with E-state index >= 15 is 0 Å². The van der Waals surface area contributed by atoms with Gasteiger partial charge in [-0.2, -0.15) is 0 Å². The molecule has 0 saturated heterocycles. The molecule has 3 rings (SSSR count). The van der Waals surface area contributed by atoms with E-state index in [0.717, 1.165) is 12.8 Å². The molecule has 2 aromatic rings. The quantitative estimate of drug-likeness (QED) is 0.878. The predicted octanol–water partition coefficient (Wildman–Crippen LogP) is 2.72. The van der Waals surface area contributed by atoms with Gasteiger partial charge in [-0.05, 0) is 30.7 Å². The van der Waals surface area contributed by atoms with Crippen LogP contribution in [0.3, 0.4) is 0 Å².